The van der Waals surface area contributed by atoms with Gasteiger partial charge in [-0.15, -0.1) is 0 Å². The van der Waals surface area contributed by atoms with Crippen LogP contribution < -0.4 is 10.1 Å². The molecule has 3 heteroatoms. The molecule has 1 aromatic carbocycles. The first-order chi connectivity index (χ1) is 8.76. The normalized spacial score (nSPS) is 17.2. The van der Waals surface area contributed by atoms with E-state index in [1.807, 2.05) is 24.3 Å². The lowest BCUT2D eigenvalue weighted by molar-refractivity contribution is -0.0141. The Morgan fingerprint density at radius 3 is 2.67 bits per heavy atom. The molecule has 1 fully saturated rings. The summed E-state index contributed by atoms with van der Waals surface area (Å²) >= 11 is 6.15. The summed E-state index contributed by atoms with van der Waals surface area (Å²) in [5, 5.41) is 4.16. The molecule has 100 valence electrons. The lowest BCUT2D eigenvalue weighted by Crippen LogP contribution is -2.45. The molecule has 1 aliphatic carbocycles. The molecular formula is C15H22ClNO. The van der Waals surface area contributed by atoms with Crippen LogP contribution in [0.4, 0.5) is 0 Å². The van der Waals surface area contributed by atoms with E-state index in [0.29, 0.717) is 5.02 Å². The Kier molecular flexibility index (Phi) is 4.90. The molecule has 0 heterocycles. The summed E-state index contributed by atoms with van der Waals surface area (Å²) in [7, 11) is 0. The van der Waals surface area contributed by atoms with Crippen molar-refractivity contribution < 1.29 is 4.74 Å². The van der Waals surface area contributed by atoms with Gasteiger partial charge in [-0.2, -0.15) is 0 Å². The molecule has 0 unspecified atom stereocenters. The summed E-state index contributed by atoms with van der Waals surface area (Å²) in [6, 6.07) is 7.76. The maximum absolute atomic E-state index is 6.18. The highest BCUT2D eigenvalue weighted by Gasteiger charge is 2.39. The Bertz CT molecular complexity index is 377. The fourth-order valence-corrected chi connectivity index (χ4v) is 2.53. The summed E-state index contributed by atoms with van der Waals surface area (Å²) in [5.74, 6) is 0.828. The van der Waals surface area contributed by atoms with Crippen LogP contribution in [0.25, 0.3) is 0 Å². The Labute approximate surface area is 115 Å². The number of para-hydroxylation sites is 1. The van der Waals surface area contributed by atoms with Gasteiger partial charge in [0.05, 0.1) is 5.02 Å². The van der Waals surface area contributed by atoms with E-state index in [0.717, 1.165) is 38.1 Å². The van der Waals surface area contributed by atoms with Crippen molar-refractivity contribution in [1.82, 2.24) is 5.32 Å². The SMILES string of the molecule is CCCNCCC1(Oc2ccccc2Cl)CCC1. The minimum absolute atomic E-state index is 0.0196. The molecule has 18 heavy (non-hydrogen) atoms. The van der Waals surface area contributed by atoms with Crippen molar-refractivity contribution in [3.63, 3.8) is 0 Å². The van der Waals surface area contributed by atoms with Crippen molar-refractivity contribution in [2.45, 2.75) is 44.6 Å². The predicted octanol–water partition coefficient (Wildman–Crippen LogP) is 4.03. The molecule has 1 saturated carbocycles. The monoisotopic (exact) mass is 267 g/mol. The standard InChI is InChI=1S/C15H22ClNO/c1-2-11-17-12-10-15(8-5-9-15)18-14-7-4-3-6-13(14)16/h3-4,6-7,17H,2,5,8-12H2,1H3. The van der Waals surface area contributed by atoms with Crippen LogP contribution in [0.5, 0.6) is 5.75 Å². The first-order valence-electron chi connectivity index (χ1n) is 6.90. The minimum Gasteiger partial charge on any atom is -0.486 e. The number of ether oxygens (including phenoxy) is 1. The lowest BCUT2D eigenvalue weighted by atomic mass is 9.77. The van der Waals surface area contributed by atoms with Crippen LogP contribution in [-0.2, 0) is 0 Å². The highest BCUT2D eigenvalue weighted by molar-refractivity contribution is 6.32. The van der Waals surface area contributed by atoms with Gasteiger partial charge >= 0.3 is 0 Å². The first-order valence-corrected chi connectivity index (χ1v) is 7.28. The maximum Gasteiger partial charge on any atom is 0.138 e. The smallest absolute Gasteiger partial charge is 0.138 e. The summed E-state index contributed by atoms with van der Waals surface area (Å²) in [6.07, 6.45) is 5.80. The van der Waals surface area contributed by atoms with Crippen LogP contribution in [0.15, 0.2) is 24.3 Å². The second kappa shape index (κ2) is 6.44. The van der Waals surface area contributed by atoms with Gasteiger partial charge in [0.2, 0.25) is 0 Å². The van der Waals surface area contributed by atoms with E-state index < -0.39 is 0 Å². The van der Waals surface area contributed by atoms with Crippen molar-refractivity contribution in [2.24, 2.45) is 0 Å². The number of hydrogen-bond donors (Lipinski definition) is 1. The molecule has 0 bridgehead atoms. The molecule has 1 N–H and O–H groups in total. The molecule has 0 amide bonds. The van der Waals surface area contributed by atoms with Gasteiger partial charge in [-0.1, -0.05) is 30.7 Å². The van der Waals surface area contributed by atoms with E-state index in [1.54, 1.807) is 0 Å². The number of benzene rings is 1. The third-order valence-electron chi connectivity index (χ3n) is 3.61. The molecule has 1 aromatic rings. The zero-order valence-corrected chi connectivity index (χ0v) is 11.8. The minimum atomic E-state index is 0.0196. The van der Waals surface area contributed by atoms with Crippen molar-refractivity contribution in [3.05, 3.63) is 29.3 Å². The van der Waals surface area contributed by atoms with Crippen LogP contribution in [0.3, 0.4) is 0 Å². The molecule has 2 nitrogen and oxygen atoms in total. The Morgan fingerprint density at radius 2 is 2.06 bits per heavy atom. The molecule has 0 saturated heterocycles. The summed E-state index contributed by atoms with van der Waals surface area (Å²) in [4.78, 5) is 0. The quantitative estimate of drug-likeness (QED) is 0.753. The second-order valence-electron chi connectivity index (χ2n) is 5.07. The molecule has 0 spiro atoms. The average molecular weight is 268 g/mol. The Hall–Kier alpha value is -0.730. The highest BCUT2D eigenvalue weighted by atomic mass is 35.5. The van der Waals surface area contributed by atoms with E-state index in [1.165, 1.54) is 12.8 Å². The van der Waals surface area contributed by atoms with Gasteiger partial charge in [0.15, 0.2) is 0 Å². The molecule has 0 radical (unpaired) electrons. The number of nitrogens with one attached hydrogen (secondary N) is 1. The van der Waals surface area contributed by atoms with Crippen molar-refractivity contribution in [3.8, 4) is 5.75 Å². The summed E-state index contributed by atoms with van der Waals surface area (Å²) in [5.41, 5.74) is 0.0196. The number of hydrogen-bond acceptors (Lipinski definition) is 2. The average Bonchev–Trinajstić information content (AvgIpc) is 2.33. The summed E-state index contributed by atoms with van der Waals surface area (Å²) < 4.78 is 6.18. The predicted molar refractivity (Wildman–Crippen MR) is 76.4 cm³/mol. The van der Waals surface area contributed by atoms with Crippen molar-refractivity contribution in [2.75, 3.05) is 13.1 Å². The first kappa shape index (κ1) is 13.7. The van der Waals surface area contributed by atoms with Gasteiger partial charge in [0.25, 0.3) is 0 Å². The zero-order chi connectivity index (χ0) is 12.8. The van der Waals surface area contributed by atoms with Gasteiger partial charge in [0, 0.05) is 0 Å². The van der Waals surface area contributed by atoms with E-state index in [2.05, 4.69) is 12.2 Å². The zero-order valence-electron chi connectivity index (χ0n) is 11.0. The highest BCUT2D eigenvalue weighted by Crippen LogP contribution is 2.40. The molecule has 0 aromatic heterocycles. The summed E-state index contributed by atoms with van der Waals surface area (Å²) in [6.45, 7) is 4.30. The molecule has 0 aliphatic heterocycles. The molecular weight excluding hydrogens is 246 g/mol. The number of rotatable bonds is 7. The fraction of sp³-hybridized carbons (Fsp3) is 0.600. The largest absolute Gasteiger partial charge is 0.486 e. The molecule has 0 atom stereocenters. The van der Waals surface area contributed by atoms with Gasteiger partial charge in [0.1, 0.15) is 11.4 Å². The van der Waals surface area contributed by atoms with Crippen LogP contribution >= 0.6 is 11.6 Å². The molecule has 1 aliphatic rings. The Morgan fingerprint density at radius 1 is 1.28 bits per heavy atom. The van der Waals surface area contributed by atoms with Gasteiger partial charge < -0.3 is 10.1 Å². The van der Waals surface area contributed by atoms with Gasteiger partial charge in [-0.25, -0.2) is 0 Å². The second-order valence-corrected chi connectivity index (χ2v) is 5.48. The lowest BCUT2D eigenvalue weighted by Gasteiger charge is -2.42. The van der Waals surface area contributed by atoms with Crippen LogP contribution in [0.1, 0.15) is 39.0 Å². The Balaban J connectivity index is 1.90. The van der Waals surface area contributed by atoms with Crippen molar-refractivity contribution in [1.29, 1.82) is 0 Å². The van der Waals surface area contributed by atoms with E-state index in [4.69, 9.17) is 16.3 Å². The maximum atomic E-state index is 6.18. The van der Waals surface area contributed by atoms with Crippen LogP contribution in [-0.4, -0.2) is 18.7 Å². The fourth-order valence-electron chi connectivity index (χ4n) is 2.35. The van der Waals surface area contributed by atoms with Crippen molar-refractivity contribution >= 4 is 11.6 Å². The van der Waals surface area contributed by atoms with E-state index >= 15 is 0 Å². The van der Waals surface area contributed by atoms with E-state index in [9.17, 15) is 0 Å². The van der Waals surface area contributed by atoms with Gasteiger partial charge in [-0.3, -0.25) is 0 Å². The van der Waals surface area contributed by atoms with E-state index in [-0.39, 0.29) is 5.60 Å². The van der Waals surface area contributed by atoms with Gasteiger partial charge in [-0.05, 0) is 57.3 Å². The third kappa shape index (κ3) is 3.39. The third-order valence-corrected chi connectivity index (χ3v) is 3.92. The number of halogens is 1. The molecule has 2 rings (SSSR count). The topological polar surface area (TPSA) is 21.3 Å². The van der Waals surface area contributed by atoms with Crippen LogP contribution in [0, 0.1) is 0 Å². The van der Waals surface area contributed by atoms with Crippen LogP contribution in [0.2, 0.25) is 5.02 Å².